The number of hydrogen-bond donors (Lipinski definition) is 1. The molecule has 0 aromatic heterocycles. The van der Waals surface area contributed by atoms with E-state index in [1.54, 1.807) is 13.0 Å². The maximum atomic E-state index is 12.5. The van der Waals surface area contributed by atoms with E-state index < -0.39 is 10.8 Å². The summed E-state index contributed by atoms with van der Waals surface area (Å²) in [4.78, 5) is 23.1. The van der Waals surface area contributed by atoms with Crippen molar-refractivity contribution < 1.29 is 9.72 Å². The molecule has 0 spiro atoms. The molecule has 0 bridgehead atoms. The maximum absolute atomic E-state index is 12.5. The van der Waals surface area contributed by atoms with Crippen LogP contribution >= 0.6 is 11.6 Å². The number of carbonyl (C=O) groups excluding carboxylic acids is 1. The average molecular weight is 344 g/mol. The van der Waals surface area contributed by atoms with Gasteiger partial charge in [0.15, 0.2) is 5.78 Å². The summed E-state index contributed by atoms with van der Waals surface area (Å²) in [5.41, 5.74) is 2.74. The second-order valence-corrected chi connectivity index (χ2v) is 6.25. The van der Waals surface area contributed by atoms with Gasteiger partial charge >= 0.3 is 0 Å². The number of allylic oxidation sites excluding steroid dienone is 4. The van der Waals surface area contributed by atoms with Gasteiger partial charge in [0.1, 0.15) is 5.02 Å². The van der Waals surface area contributed by atoms with Gasteiger partial charge in [-0.05, 0) is 31.4 Å². The molecule has 1 N–H and O–H groups in total. The minimum absolute atomic E-state index is 0.0217. The van der Waals surface area contributed by atoms with E-state index in [0.29, 0.717) is 28.8 Å². The number of benzene rings is 1. The van der Waals surface area contributed by atoms with Crippen LogP contribution < -0.4 is 5.32 Å². The number of nitro groups is 1. The predicted octanol–water partition coefficient (Wildman–Crippen LogP) is 3.74. The van der Waals surface area contributed by atoms with Gasteiger partial charge in [0.05, 0.1) is 22.5 Å². The highest BCUT2D eigenvalue weighted by Gasteiger charge is 2.36. The first-order chi connectivity index (χ1) is 11.4. The molecule has 0 amide bonds. The lowest BCUT2D eigenvalue weighted by molar-refractivity contribution is -0.384. The fourth-order valence-electron chi connectivity index (χ4n) is 3.31. The van der Waals surface area contributed by atoms with Crippen molar-refractivity contribution in [3.8, 4) is 6.07 Å². The van der Waals surface area contributed by atoms with E-state index in [9.17, 15) is 20.2 Å². The standard InChI is InChI=1S/C17H14ClN3O3/c1-9-11(8-19)16(17-13(20-9)3-2-4-15(17)22)10-5-6-12(18)14(7-10)21(23)24/h5-7,16,20H,2-4H2,1H3. The SMILES string of the molecule is CC1=C(C#N)C(c2ccc(Cl)c([N+](=O)[O-])c2)C2=C(CCCC2=O)N1. The molecule has 0 saturated carbocycles. The maximum Gasteiger partial charge on any atom is 0.288 e. The van der Waals surface area contributed by atoms with Gasteiger partial charge in [-0.2, -0.15) is 5.26 Å². The number of ketones is 1. The van der Waals surface area contributed by atoms with Crippen LogP contribution in [0.2, 0.25) is 5.02 Å². The van der Waals surface area contributed by atoms with Gasteiger partial charge < -0.3 is 5.32 Å². The summed E-state index contributed by atoms with van der Waals surface area (Å²) in [7, 11) is 0. The number of dihydropyridines is 1. The van der Waals surface area contributed by atoms with Crippen LogP contribution in [0, 0.1) is 21.4 Å². The number of rotatable bonds is 2. The van der Waals surface area contributed by atoms with Crippen molar-refractivity contribution in [3.63, 3.8) is 0 Å². The van der Waals surface area contributed by atoms with E-state index in [-0.39, 0.29) is 16.5 Å². The van der Waals surface area contributed by atoms with Gasteiger partial charge in [0.2, 0.25) is 0 Å². The summed E-state index contributed by atoms with van der Waals surface area (Å²) in [5.74, 6) is -0.610. The van der Waals surface area contributed by atoms with Crippen LogP contribution in [0.5, 0.6) is 0 Å². The Kier molecular flexibility index (Phi) is 4.12. The van der Waals surface area contributed by atoms with Gasteiger partial charge in [-0.25, -0.2) is 0 Å². The molecular formula is C17H14ClN3O3. The highest BCUT2D eigenvalue weighted by Crippen LogP contribution is 2.43. The summed E-state index contributed by atoms with van der Waals surface area (Å²) in [6.45, 7) is 1.78. The van der Waals surface area contributed by atoms with E-state index in [0.717, 1.165) is 18.5 Å². The van der Waals surface area contributed by atoms with Crippen LogP contribution in [-0.2, 0) is 4.79 Å². The number of hydrogen-bond acceptors (Lipinski definition) is 5. The first-order valence-corrected chi connectivity index (χ1v) is 7.89. The molecule has 2 aliphatic rings. The number of nitrogens with one attached hydrogen (secondary N) is 1. The minimum Gasteiger partial charge on any atom is -0.361 e. The lowest BCUT2D eigenvalue weighted by atomic mass is 9.75. The van der Waals surface area contributed by atoms with Gasteiger partial charge in [0.25, 0.3) is 5.69 Å². The molecule has 0 fully saturated rings. The molecule has 24 heavy (non-hydrogen) atoms. The second-order valence-electron chi connectivity index (χ2n) is 5.85. The lowest BCUT2D eigenvalue weighted by Crippen LogP contribution is -2.31. The fourth-order valence-corrected chi connectivity index (χ4v) is 3.50. The Bertz CT molecular complexity index is 864. The van der Waals surface area contributed by atoms with Crippen LogP contribution in [0.15, 0.2) is 40.7 Å². The van der Waals surface area contributed by atoms with Crippen LogP contribution in [0.4, 0.5) is 5.69 Å². The van der Waals surface area contributed by atoms with Crippen molar-refractivity contribution >= 4 is 23.1 Å². The Morgan fingerprint density at radius 3 is 2.83 bits per heavy atom. The van der Waals surface area contributed by atoms with Crippen LogP contribution in [0.3, 0.4) is 0 Å². The third-order valence-electron chi connectivity index (χ3n) is 4.40. The Morgan fingerprint density at radius 1 is 1.42 bits per heavy atom. The topological polar surface area (TPSA) is 96.0 Å². The molecule has 1 aliphatic heterocycles. The quantitative estimate of drug-likeness (QED) is 0.651. The number of nitrogens with zero attached hydrogens (tertiary/aromatic N) is 2. The third kappa shape index (κ3) is 2.57. The second kappa shape index (κ2) is 6.10. The summed E-state index contributed by atoms with van der Waals surface area (Å²) >= 11 is 5.89. The molecule has 3 rings (SSSR count). The highest BCUT2D eigenvalue weighted by atomic mass is 35.5. The summed E-state index contributed by atoms with van der Waals surface area (Å²) < 4.78 is 0. The molecule has 0 saturated heterocycles. The van der Waals surface area contributed by atoms with E-state index in [4.69, 9.17) is 11.6 Å². The van der Waals surface area contributed by atoms with Crippen LogP contribution in [0.1, 0.15) is 37.7 Å². The molecule has 1 heterocycles. The van der Waals surface area contributed by atoms with Crippen molar-refractivity contribution in [2.45, 2.75) is 32.1 Å². The average Bonchev–Trinajstić information content (AvgIpc) is 2.54. The van der Waals surface area contributed by atoms with E-state index in [1.165, 1.54) is 12.1 Å². The molecule has 1 aliphatic carbocycles. The molecule has 1 unspecified atom stereocenters. The molecule has 1 aromatic rings. The molecule has 1 atom stereocenters. The zero-order valence-corrected chi connectivity index (χ0v) is 13.7. The highest BCUT2D eigenvalue weighted by molar-refractivity contribution is 6.32. The normalized spacial score (nSPS) is 20.4. The van der Waals surface area contributed by atoms with Gasteiger partial charge in [-0.3, -0.25) is 14.9 Å². The van der Waals surface area contributed by atoms with Crippen molar-refractivity contribution in [2.75, 3.05) is 0 Å². The largest absolute Gasteiger partial charge is 0.361 e. The predicted molar refractivity (Wildman–Crippen MR) is 88.2 cm³/mol. The fraction of sp³-hybridized carbons (Fsp3) is 0.294. The minimum atomic E-state index is -0.588. The first kappa shape index (κ1) is 16.2. The zero-order valence-electron chi connectivity index (χ0n) is 12.9. The Hall–Kier alpha value is -2.65. The van der Waals surface area contributed by atoms with Gasteiger partial charge in [0, 0.05) is 29.5 Å². The Labute approximate surface area is 143 Å². The summed E-state index contributed by atoms with van der Waals surface area (Å²) in [6, 6.07) is 6.58. The molecular weight excluding hydrogens is 330 g/mol. The van der Waals surface area contributed by atoms with E-state index in [1.807, 2.05) is 0 Å². The smallest absolute Gasteiger partial charge is 0.288 e. The monoisotopic (exact) mass is 343 g/mol. The van der Waals surface area contributed by atoms with E-state index in [2.05, 4.69) is 11.4 Å². The van der Waals surface area contributed by atoms with Crippen LogP contribution in [-0.4, -0.2) is 10.7 Å². The molecule has 6 nitrogen and oxygen atoms in total. The number of nitriles is 1. The number of halogens is 1. The van der Waals surface area contributed by atoms with Crippen molar-refractivity contribution in [1.29, 1.82) is 5.26 Å². The van der Waals surface area contributed by atoms with Crippen molar-refractivity contribution in [2.24, 2.45) is 0 Å². The number of Topliss-reactive ketones (excluding diaryl/α,β-unsaturated/α-hetero) is 1. The zero-order chi connectivity index (χ0) is 17.4. The Morgan fingerprint density at radius 2 is 2.17 bits per heavy atom. The van der Waals surface area contributed by atoms with E-state index >= 15 is 0 Å². The summed E-state index contributed by atoms with van der Waals surface area (Å²) in [5, 5.41) is 23.9. The van der Waals surface area contributed by atoms with Crippen molar-refractivity contribution in [3.05, 3.63) is 61.4 Å². The van der Waals surface area contributed by atoms with Gasteiger partial charge in [-0.1, -0.05) is 17.7 Å². The molecule has 122 valence electrons. The molecule has 0 radical (unpaired) electrons. The van der Waals surface area contributed by atoms with Gasteiger partial charge in [-0.15, -0.1) is 0 Å². The molecule has 7 heteroatoms. The summed E-state index contributed by atoms with van der Waals surface area (Å²) in [6.07, 6.45) is 1.90. The Balaban J connectivity index is 2.21. The number of carbonyl (C=O) groups is 1. The number of nitro benzene ring substituents is 1. The molecule has 1 aromatic carbocycles. The van der Waals surface area contributed by atoms with Crippen molar-refractivity contribution in [1.82, 2.24) is 5.32 Å². The first-order valence-electron chi connectivity index (χ1n) is 7.52. The lowest BCUT2D eigenvalue weighted by Gasteiger charge is -2.32. The third-order valence-corrected chi connectivity index (χ3v) is 4.72. The van der Waals surface area contributed by atoms with Crippen LogP contribution in [0.25, 0.3) is 0 Å².